The number of halogens is 3. The average Bonchev–Trinajstić information content (AvgIpc) is 3.34. The highest BCUT2D eigenvalue weighted by Gasteiger charge is 2.71. The second-order valence-corrected chi connectivity index (χ2v) is 9.74. The van der Waals surface area contributed by atoms with Crippen molar-refractivity contribution in [2.75, 3.05) is 20.3 Å². The summed E-state index contributed by atoms with van der Waals surface area (Å²) in [6.07, 6.45) is -4.40. The monoisotopic (exact) mass is 480 g/mol. The van der Waals surface area contributed by atoms with E-state index in [4.69, 9.17) is 9.47 Å². The molecule has 4 rings (SSSR count). The van der Waals surface area contributed by atoms with Crippen molar-refractivity contribution in [2.24, 2.45) is 5.41 Å². The van der Waals surface area contributed by atoms with Crippen LogP contribution >= 0.6 is 0 Å². The number of allylic oxidation sites excluding steroid dienone is 1. The SMILES string of the molecule is COc1ccc(C(=O)N[C@@]2(C(F)(F)F)C(=O)N(C[C@H]3CCCO3)C3=C2C(=O)CC(C)(C)C3)cc1. The minimum atomic E-state index is -5.24. The van der Waals surface area contributed by atoms with Crippen molar-refractivity contribution in [3.8, 4) is 5.75 Å². The largest absolute Gasteiger partial charge is 0.497 e. The third kappa shape index (κ3) is 3.97. The molecule has 1 saturated heterocycles. The summed E-state index contributed by atoms with van der Waals surface area (Å²) in [6.45, 7) is 3.90. The van der Waals surface area contributed by atoms with Gasteiger partial charge in [-0.15, -0.1) is 0 Å². The second kappa shape index (κ2) is 8.41. The maximum Gasteiger partial charge on any atom is 0.425 e. The van der Waals surface area contributed by atoms with E-state index < -0.39 is 46.4 Å². The minimum absolute atomic E-state index is 0.0223. The Morgan fingerprint density at radius 2 is 1.88 bits per heavy atom. The van der Waals surface area contributed by atoms with Crippen LogP contribution in [-0.2, 0) is 14.3 Å². The number of carbonyl (C=O) groups excluding carboxylic acids is 3. The summed E-state index contributed by atoms with van der Waals surface area (Å²) in [6, 6.07) is 5.44. The van der Waals surface area contributed by atoms with Crippen LogP contribution in [0.25, 0.3) is 0 Å². The van der Waals surface area contributed by atoms with Crippen LogP contribution in [0.2, 0.25) is 0 Å². The maximum atomic E-state index is 14.8. The Bertz CT molecular complexity index is 1040. The van der Waals surface area contributed by atoms with Crippen LogP contribution < -0.4 is 10.1 Å². The Labute approximate surface area is 195 Å². The molecule has 2 amide bonds. The Morgan fingerprint density at radius 1 is 1.21 bits per heavy atom. The number of nitrogens with one attached hydrogen (secondary N) is 1. The molecule has 0 saturated carbocycles. The van der Waals surface area contributed by atoms with Gasteiger partial charge in [-0.1, -0.05) is 13.8 Å². The summed E-state index contributed by atoms with van der Waals surface area (Å²) in [4.78, 5) is 40.7. The van der Waals surface area contributed by atoms with E-state index in [2.05, 4.69) is 0 Å². The molecule has 1 fully saturated rings. The van der Waals surface area contributed by atoms with Gasteiger partial charge in [0.15, 0.2) is 5.78 Å². The Morgan fingerprint density at radius 3 is 2.44 bits per heavy atom. The summed E-state index contributed by atoms with van der Waals surface area (Å²) in [7, 11) is 1.41. The Hall–Kier alpha value is -2.88. The number of rotatable bonds is 5. The summed E-state index contributed by atoms with van der Waals surface area (Å²) in [5, 5.41) is 1.93. The maximum absolute atomic E-state index is 14.8. The minimum Gasteiger partial charge on any atom is -0.497 e. The number of amides is 2. The number of hydrogen-bond acceptors (Lipinski definition) is 5. The third-order valence-corrected chi connectivity index (χ3v) is 6.61. The van der Waals surface area contributed by atoms with Crippen LogP contribution in [0.1, 0.15) is 49.9 Å². The number of benzene rings is 1. The van der Waals surface area contributed by atoms with Crippen molar-refractivity contribution in [3.05, 3.63) is 41.1 Å². The number of hydrogen-bond donors (Lipinski definition) is 1. The lowest BCUT2D eigenvalue weighted by Gasteiger charge is -2.35. The summed E-state index contributed by atoms with van der Waals surface area (Å²) in [5.74, 6) is -2.86. The molecule has 0 spiro atoms. The molecular weight excluding hydrogens is 453 g/mol. The van der Waals surface area contributed by atoms with E-state index in [0.29, 0.717) is 18.8 Å². The molecule has 1 N–H and O–H groups in total. The fourth-order valence-corrected chi connectivity index (χ4v) is 5.00. The predicted octanol–water partition coefficient (Wildman–Crippen LogP) is 3.39. The molecule has 2 atom stereocenters. The first-order chi connectivity index (χ1) is 15.9. The van der Waals surface area contributed by atoms with Crippen molar-refractivity contribution in [1.82, 2.24) is 10.2 Å². The summed E-state index contributed by atoms with van der Waals surface area (Å²) < 4.78 is 54.9. The predicted molar refractivity (Wildman–Crippen MR) is 115 cm³/mol. The van der Waals surface area contributed by atoms with Crippen LogP contribution in [0, 0.1) is 5.41 Å². The zero-order valence-electron chi connectivity index (χ0n) is 19.3. The lowest BCUT2D eigenvalue weighted by Crippen LogP contribution is -2.66. The summed E-state index contributed by atoms with van der Waals surface area (Å²) in [5.41, 5.74) is -4.84. The number of carbonyl (C=O) groups is 3. The molecule has 0 bridgehead atoms. The number of Topliss-reactive ketones (excluding diaryl/α,β-unsaturated/α-hetero) is 1. The van der Waals surface area contributed by atoms with Crippen molar-refractivity contribution in [2.45, 2.75) is 57.3 Å². The first-order valence-corrected chi connectivity index (χ1v) is 11.1. The summed E-state index contributed by atoms with van der Waals surface area (Å²) >= 11 is 0. The molecular formula is C24H27F3N2O5. The van der Waals surface area contributed by atoms with E-state index in [9.17, 15) is 27.6 Å². The molecule has 0 aromatic heterocycles. The average molecular weight is 480 g/mol. The van der Waals surface area contributed by atoms with Gasteiger partial charge < -0.3 is 19.7 Å². The zero-order chi connectivity index (χ0) is 24.9. The molecule has 1 aromatic carbocycles. The first-order valence-electron chi connectivity index (χ1n) is 11.1. The third-order valence-electron chi connectivity index (χ3n) is 6.61. The lowest BCUT2D eigenvalue weighted by molar-refractivity contribution is -0.191. The van der Waals surface area contributed by atoms with Gasteiger partial charge in [-0.2, -0.15) is 13.2 Å². The molecule has 34 heavy (non-hydrogen) atoms. The van der Waals surface area contributed by atoms with Crippen molar-refractivity contribution in [1.29, 1.82) is 0 Å². The second-order valence-electron chi connectivity index (χ2n) is 9.74. The van der Waals surface area contributed by atoms with E-state index in [0.717, 1.165) is 11.3 Å². The molecule has 1 aliphatic carbocycles. The highest BCUT2D eigenvalue weighted by molar-refractivity contribution is 6.14. The number of methoxy groups -OCH3 is 1. The number of ether oxygens (including phenoxy) is 2. The smallest absolute Gasteiger partial charge is 0.425 e. The molecule has 2 aliphatic heterocycles. The van der Waals surface area contributed by atoms with E-state index in [1.807, 2.05) is 5.32 Å². The van der Waals surface area contributed by atoms with Crippen molar-refractivity contribution in [3.63, 3.8) is 0 Å². The van der Waals surface area contributed by atoms with E-state index in [1.54, 1.807) is 13.8 Å². The molecule has 10 heteroatoms. The van der Waals surface area contributed by atoms with Gasteiger partial charge in [-0.3, -0.25) is 14.4 Å². The van der Waals surface area contributed by atoms with Gasteiger partial charge in [-0.25, -0.2) is 0 Å². The van der Waals surface area contributed by atoms with Crippen molar-refractivity contribution >= 4 is 17.6 Å². The molecule has 7 nitrogen and oxygen atoms in total. The van der Waals surface area contributed by atoms with Gasteiger partial charge in [0.1, 0.15) is 5.75 Å². The number of alkyl halides is 3. The fourth-order valence-electron chi connectivity index (χ4n) is 5.00. The Balaban J connectivity index is 1.81. The molecule has 0 radical (unpaired) electrons. The fraction of sp³-hybridized carbons (Fsp3) is 0.542. The zero-order valence-corrected chi connectivity index (χ0v) is 19.3. The molecule has 2 heterocycles. The van der Waals surface area contributed by atoms with Crippen LogP contribution in [0.5, 0.6) is 5.75 Å². The lowest BCUT2D eigenvalue weighted by atomic mass is 9.72. The van der Waals surface area contributed by atoms with E-state index in [1.165, 1.54) is 31.4 Å². The first kappa shape index (κ1) is 24.3. The highest BCUT2D eigenvalue weighted by Crippen LogP contribution is 2.52. The van der Waals surface area contributed by atoms with Gasteiger partial charge in [0.2, 0.25) is 5.54 Å². The number of ketones is 1. The highest BCUT2D eigenvalue weighted by atomic mass is 19.4. The normalized spacial score (nSPS) is 26.6. The van der Waals surface area contributed by atoms with Gasteiger partial charge >= 0.3 is 6.18 Å². The standard InChI is InChI=1S/C24H27F3N2O5/c1-22(2)11-17-19(18(30)12-22)23(24(25,26)27,21(32)29(17)13-16-5-4-10-34-16)28-20(31)14-6-8-15(33-3)9-7-14/h6-9,16H,4-5,10-13H2,1-3H3,(H,28,31)/t16-,23-/m1/s1. The van der Waals surface area contributed by atoms with Gasteiger partial charge in [0.05, 0.1) is 25.3 Å². The Kier molecular flexibility index (Phi) is 6.00. The topological polar surface area (TPSA) is 84.9 Å². The van der Waals surface area contributed by atoms with Gasteiger partial charge in [0.25, 0.3) is 11.8 Å². The molecule has 3 aliphatic rings. The van der Waals surface area contributed by atoms with Crippen LogP contribution in [-0.4, -0.2) is 60.6 Å². The van der Waals surface area contributed by atoms with Crippen LogP contribution in [0.15, 0.2) is 35.5 Å². The van der Waals surface area contributed by atoms with Gasteiger partial charge in [0, 0.05) is 24.3 Å². The van der Waals surface area contributed by atoms with Crippen LogP contribution in [0.3, 0.4) is 0 Å². The molecule has 1 aromatic rings. The van der Waals surface area contributed by atoms with Crippen molar-refractivity contribution < 1.29 is 37.0 Å². The van der Waals surface area contributed by atoms with Gasteiger partial charge in [-0.05, 0) is 48.9 Å². The van der Waals surface area contributed by atoms with E-state index in [-0.39, 0.29) is 30.6 Å². The number of nitrogens with zero attached hydrogens (tertiary/aromatic N) is 1. The quantitative estimate of drug-likeness (QED) is 0.699. The van der Waals surface area contributed by atoms with Crippen LogP contribution in [0.4, 0.5) is 13.2 Å². The molecule has 184 valence electrons. The van der Waals surface area contributed by atoms with E-state index >= 15 is 0 Å². The molecule has 0 unspecified atom stereocenters.